The van der Waals surface area contributed by atoms with Gasteiger partial charge in [-0.05, 0) is 31.0 Å². The Labute approximate surface area is 177 Å². The third-order valence-corrected chi connectivity index (χ3v) is 6.01. The van der Waals surface area contributed by atoms with Gasteiger partial charge in [-0.3, -0.25) is 10.1 Å². The van der Waals surface area contributed by atoms with E-state index in [-0.39, 0.29) is 36.8 Å². The predicted molar refractivity (Wildman–Crippen MR) is 103 cm³/mol. The molecule has 2 saturated heterocycles. The number of ether oxygens (including phenoxy) is 3. The molecule has 1 aliphatic carbocycles. The van der Waals surface area contributed by atoms with E-state index in [1.54, 1.807) is 0 Å². The number of carbonyl (C=O) groups is 2. The molecule has 1 aromatic carbocycles. The van der Waals surface area contributed by atoms with Crippen molar-refractivity contribution in [3.63, 3.8) is 0 Å². The number of anilines is 1. The molecular weight excluding hydrogens is 417 g/mol. The fourth-order valence-corrected chi connectivity index (χ4v) is 4.41. The molecular formula is C21H25F3N2O5. The fraction of sp³-hybridized carbons (Fsp3) is 0.619. The van der Waals surface area contributed by atoms with Gasteiger partial charge in [0.1, 0.15) is 12.2 Å². The second-order valence-electron chi connectivity index (χ2n) is 8.19. The lowest BCUT2D eigenvalue weighted by molar-refractivity contribution is -0.137. The Hall–Kier alpha value is -2.33. The van der Waals surface area contributed by atoms with E-state index >= 15 is 0 Å². The van der Waals surface area contributed by atoms with Crippen LogP contribution in [0.15, 0.2) is 24.3 Å². The average Bonchev–Trinajstić information content (AvgIpc) is 3.32. The minimum absolute atomic E-state index is 0.00390. The van der Waals surface area contributed by atoms with Crippen LogP contribution in [0.2, 0.25) is 0 Å². The minimum atomic E-state index is -4.51. The summed E-state index contributed by atoms with van der Waals surface area (Å²) in [5.74, 6) is 0.0173. The number of benzene rings is 1. The maximum atomic E-state index is 12.8. The van der Waals surface area contributed by atoms with Gasteiger partial charge in [0.15, 0.2) is 6.10 Å². The fourth-order valence-electron chi connectivity index (χ4n) is 4.41. The van der Waals surface area contributed by atoms with Crippen molar-refractivity contribution in [1.82, 2.24) is 5.32 Å². The summed E-state index contributed by atoms with van der Waals surface area (Å²) in [7, 11) is 0. The quantitative estimate of drug-likeness (QED) is 0.746. The molecule has 4 atom stereocenters. The number of fused-ring (bicyclic) bond motifs is 1. The Bertz CT molecular complexity index is 812. The summed E-state index contributed by atoms with van der Waals surface area (Å²) in [6, 6.07) is 3.97. The maximum Gasteiger partial charge on any atom is 0.416 e. The highest BCUT2D eigenvalue weighted by atomic mass is 19.4. The van der Waals surface area contributed by atoms with E-state index in [1.807, 2.05) is 0 Å². The van der Waals surface area contributed by atoms with E-state index < -0.39 is 36.1 Å². The second kappa shape index (κ2) is 9.04. The van der Waals surface area contributed by atoms with Gasteiger partial charge in [0.25, 0.3) is 0 Å². The van der Waals surface area contributed by atoms with Crippen LogP contribution in [0.3, 0.4) is 0 Å². The highest BCUT2D eigenvalue weighted by Crippen LogP contribution is 2.32. The van der Waals surface area contributed by atoms with Crippen molar-refractivity contribution in [2.24, 2.45) is 5.92 Å². The van der Waals surface area contributed by atoms with Crippen LogP contribution >= 0.6 is 0 Å². The van der Waals surface area contributed by atoms with Crippen LogP contribution in [0.4, 0.5) is 23.7 Å². The smallest absolute Gasteiger partial charge is 0.416 e. The number of alkyl halides is 3. The number of nitrogens with one attached hydrogen (secondary N) is 2. The lowest BCUT2D eigenvalue weighted by Crippen LogP contribution is -2.46. The number of amides is 2. The molecule has 2 N–H and O–H groups in total. The van der Waals surface area contributed by atoms with E-state index in [9.17, 15) is 22.8 Å². The van der Waals surface area contributed by atoms with Crippen molar-refractivity contribution in [2.45, 2.75) is 62.6 Å². The first-order valence-electron chi connectivity index (χ1n) is 10.5. The van der Waals surface area contributed by atoms with Crippen LogP contribution in [0.1, 0.15) is 37.7 Å². The summed E-state index contributed by atoms with van der Waals surface area (Å²) in [6.07, 6.45) is -2.06. The van der Waals surface area contributed by atoms with Crippen LogP contribution in [0.25, 0.3) is 0 Å². The standard InChI is InChI=1S/C21H25F3N2O5/c22-21(23,24)13-7-4-8-14(9-13)25-20(28)31-16-11-30-17-15(10-29-18(16)17)26-19(27)12-5-2-1-3-6-12/h4,7-9,12,15-18H,1-3,5-6,10-11H2,(H,25,28)(H,26,27). The molecule has 4 rings (SSSR count). The summed E-state index contributed by atoms with van der Waals surface area (Å²) < 4.78 is 55.2. The molecule has 1 aromatic rings. The molecule has 2 aliphatic heterocycles. The lowest BCUT2D eigenvalue weighted by atomic mass is 9.88. The first-order valence-corrected chi connectivity index (χ1v) is 10.5. The third kappa shape index (κ3) is 5.12. The Morgan fingerprint density at radius 2 is 1.77 bits per heavy atom. The van der Waals surface area contributed by atoms with Crippen LogP contribution in [-0.4, -0.2) is 49.6 Å². The molecule has 1 saturated carbocycles. The summed E-state index contributed by atoms with van der Waals surface area (Å²) in [5.41, 5.74) is -0.898. The van der Waals surface area contributed by atoms with Crippen molar-refractivity contribution in [3.05, 3.63) is 29.8 Å². The van der Waals surface area contributed by atoms with Gasteiger partial charge < -0.3 is 19.5 Å². The molecule has 0 aromatic heterocycles. The molecule has 0 spiro atoms. The second-order valence-corrected chi connectivity index (χ2v) is 8.19. The van der Waals surface area contributed by atoms with Crippen LogP contribution in [0, 0.1) is 5.92 Å². The molecule has 2 amide bonds. The molecule has 4 unspecified atom stereocenters. The zero-order valence-electron chi connectivity index (χ0n) is 16.8. The summed E-state index contributed by atoms with van der Waals surface area (Å²) in [5, 5.41) is 5.31. The Morgan fingerprint density at radius 1 is 1.03 bits per heavy atom. The number of halogens is 3. The lowest BCUT2D eigenvalue weighted by Gasteiger charge is -2.24. The molecule has 3 aliphatic rings. The van der Waals surface area contributed by atoms with Crippen molar-refractivity contribution in [2.75, 3.05) is 18.5 Å². The number of carbonyl (C=O) groups excluding carboxylic acids is 2. The number of hydrogen-bond acceptors (Lipinski definition) is 5. The monoisotopic (exact) mass is 442 g/mol. The van der Waals surface area contributed by atoms with Gasteiger partial charge in [0.2, 0.25) is 5.91 Å². The molecule has 3 fully saturated rings. The zero-order chi connectivity index (χ0) is 22.0. The van der Waals surface area contributed by atoms with Gasteiger partial charge in [-0.1, -0.05) is 25.3 Å². The highest BCUT2D eigenvalue weighted by Gasteiger charge is 2.50. The highest BCUT2D eigenvalue weighted by molar-refractivity contribution is 5.85. The van der Waals surface area contributed by atoms with Crippen molar-refractivity contribution >= 4 is 17.7 Å². The first kappa shape index (κ1) is 21.9. The number of hydrogen-bond donors (Lipinski definition) is 2. The first-order chi connectivity index (χ1) is 14.8. The molecule has 2 heterocycles. The Kier molecular flexibility index (Phi) is 6.38. The molecule has 7 nitrogen and oxygen atoms in total. The predicted octanol–water partition coefficient (Wildman–Crippen LogP) is 3.49. The van der Waals surface area contributed by atoms with Gasteiger partial charge in [0, 0.05) is 11.6 Å². The third-order valence-electron chi connectivity index (χ3n) is 6.01. The Balaban J connectivity index is 1.29. The van der Waals surface area contributed by atoms with Crippen molar-refractivity contribution in [1.29, 1.82) is 0 Å². The van der Waals surface area contributed by atoms with Crippen LogP contribution in [-0.2, 0) is 25.2 Å². The maximum absolute atomic E-state index is 12.8. The molecule has 0 bridgehead atoms. The SMILES string of the molecule is O=C(Nc1cccc(C(F)(F)F)c1)OC1COC2C(NC(=O)C3CCCCC3)COC12. The molecule has 170 valence electrons. The zero-order valence-corrected chi connectivity index (χ0v) is 16.8. The minimum Gasteiger partial charge on any atom is -0.441 e. The van der Waals surface area contributed by atoms with Crippen LogP contribution < -0.4 is 10.6 Å². The van der Waals surface area contributed by atoms with E-state index in [2.05, 4.69) is 10.6 Å². The van der Waals surface area contributed by atoms with E-state index in [4.69, 9.17) is 14.2 Å². The topological polar surface area (TPSA) is 85.9 Å². The van der Waals surface area contributed by atoms with Gasteiger partial charge in [-0.15, -0.1) is 0 Å². The molecule has 31 heavy (non-hydrogen) atoms. The largest absolute Gasteiger partial charge is 0.441 e. The average molecular weight is 442 g/mol. The van der Waals surface area contributed by atoms with E-state index in [0.29, 0.717) is 0 Å². The summed E-state index contributed by atoms with van der Waals surface area (Å²) in [4.78, 5) is 24.7. The normalized spacial score (nSPS) is 28.7. The summed E-state index contributed by atoms with van der Waals surface area (Å²) in [6.45, 7) is 0.337. The van der Waals surface area contributed by atoms with E-state index in [1.165, 1.54) is 12.1 Å². The van der Waals surface area contributed by atoms with Gasteiger partial charge in [-0.2, -0.15) is 13.2 Å². The number of rotatable bonds is 4. The van der Waals surface area contributed by atoms with Crippen molar-refractivity contribution < 1.29 is 37.0 Å². The van der Waals surface area contributed by atoms with Gasteiger partial charge in [0.05, 0.1) is 24.8 Å². The van der Waals surface area contributed by atoms with E-state index in [0.717, 1.165) is 44.2 Å². The molecule has 0 radical (unpaired) electrons. The summed E-state index contributed by atoms with van der Waals surface area (Å²) >= 11 is 0. The van der Waals surface area contributed by atoms with Crippen LogP contribution in [0.5, 0.6) is 0 Å². The van der Waals surface area contributed by atoms with Gasteiger partial charge in [-0.25, -0.2) is 4.79 Å². The van der Waals surface area contributed by atoms with Crippen molar-refractivity contribution in [3.8, 4) is 0 Å². The van der Waals surface area contributed by atoms with Gasteiger partial charge >= 0.3 is 12.3 Å². The Morgan fingerprint density at radius 3 is 2.52 bits per heavy atom. The molecule has 10 heteroatoms.